The van der Waals surface area contributed by atoms with Crippen LogP contribution in [0.15, 0.2) is 53.6 Å². The Bertz CT molecular complexity index is 698. The molecule has 2 aromatic rings. The lowest BCUT2D eigenvalue weighted by atomic mass is 10.2. The van der Waals surface area contributed by atoms with Gasteiger partial charge in [-0.3, -0.25) is 4.79 Å². The van der Waals surface area contributed by atoms with Crippen LogP contribution in [0.1, 0.15) is 16.7 Å². The van der Waals surface area contributed by atoms with Gasteiger partial charge in [-0.1, -0.05) is 29.8 Å². The van der Waals surface area contributed by atoms with Crippen molar-refractivity contribution in [3.8, 4) is 11.8 Å². The van der Waals surface area contributed by atoms with Crippen LogP contribution < -0.4 is 10.2 Å². The first-order valence-corrected chi connectivity index (χ1v) is 6.69. The fourth-order valence-electron chi connectivity index (χ4n) is 1.64. The number of hydrogen-bond acceptors (Lipinski definition) is 4. The summed E-state index contributed by atoms with van der Waals surface area (Å²) in [4.78, 5) is 11.6. The molecule has 2 rings (SSSR count). The number of amides is 1. The Balaban J connectivity index is 1.78. The molecule has 0 fully saturated rings. The fourth-order valence-corrected chi connectivity index (χ4v) is 1.64. The summed E-state index contributed by atoms with van der Waals surface area (Å²) >= 11 is 0. The van der Waals surface area contributed by atoms with E-state index in [2.05, 4.69) is 10.5 Å². The van der Waals surface area contributed by atoms with Crippen LogP contribution in [-0.2, 0) is 4.79 Å². The summed E-state index contributed by atoms with van der Waals surface area (Å²) in [6.07, 6.45) is 1.50. The molecule has 22 heavy (non-hydrogen) atoms. The van der Waals surface area contributed by atoms with Gasteiger partial charge in [0.1, 0.15) is 5.75 Å². The van der Waals surface area contributed by atoms with Crippen molar-refractivity contribution in [1.29, 1.82) is 5.26 Å². The van der Waals surface area contributed by atoms with E-state index in [9.17, 15) is 4.79 Å². The standard InChI is InChI=1S/C17H15N3O2/c1-13-2-8-16(9-3-13)22-12-17(21)20-19-11-15-6-4-14(10-18)5-7-15/h2-9,11H,12H2,1H3,(H,20,21). The zero-order valence-electron chi connectivity index (χ0n) is 12.1. The van der Waals surface area contributed by atoms with Crippen molar-refractivity contribution < 1.29 is 9.53 Å². The number of ether oxygens (including phenoxy) is 1. The number of nitrogens with one attached hydrogen (secondary N) is 1. The normalized spacial score (nSPS) is 10.2. The Kier molecular flexibility index (Phi) is 5.27. The third-order valence-electron chi connectivity index (χ3n) is 2.83. The van der Waals surface area contributed by atoms with Gasteiger partial charge in [-0.05, 0) is 36.8 Å². The van der Waals surface area contributed by atoms with Crippen LogP contribution in [0.3, 0.4) is 0 Å². The highest BCUT2D eigenvalue weighted by atomic mass is 16.5. The van der Waals surface area contributed by atoms with Gasteiger partial charge in [0.05, 0.1) is 17.8 Å². The monoisotopic (exact) mass is 293 g/mol. The Morgan fingerprint density at radius 3 is 2.55 bits per heavy atom. The van der Waals surface area contributed by atoms with E-state index in [0.29, 0.717) is 11.3 Å². The first-order valence-electron chi connectivity index (χ1n) is 6.69. The minimum atomic E-state index is -0.342. The second-order valence-electron chi connectivity index (χ2n) is 4.63. The molecule has 5 heteroatoms. The van der Waals surface area contributed by atoms with Crippen molar-refractivity contribution in [1.82, 2.24) is 5.43 Å². The molecular weight excluding hydrogens is 278 g/mol. The van der Waals surface area contributed by atoms with Crippen LogP contribution in [0.5, 0.6) is 5.75 Å². The summed E-state index contributed by atoms with van der Waals surface area (Å²) in [7, 11) is 0. The molecule has 0 aliphatic rings. The van der Waals surface area contributed by atoms with E-state index in [4.69, 9.17) is 10.00 Å². The molecule has 2 aromatic carbocycles. The fraction of sp³-hybridized carbons (Fsp3) is 0.118. The number of hydrazone groups is 1. The number of rotatable bonds is 5. The van der Waals surface area contributed by atoms with Gasteiger partial charge in [0, 0.05) is 0 Å². The maximum absolute atomic E-state index is 11.6. The number of benzene rings is 2. The number of nitriles is 1. The van der Waals surface area contributed by atoms with Crippen LogP contribution in [0, 0.1) is 18.3 Å². The van der Waals surface area contributed by atoms with Gasteiger partial charge in [0.15, 0.2) is 6.61 Å². The largest absolute Gasteiger partial charge is 0.484 e. The molecule has 0 aromatic heterocycles. The summed E-state index contributed by atoms with van der Waals surface area (Å²) in [6.45, 7) is 1.88. The highest BCUT2D eigenvalue weighted by molar-refractivity contribution is 5.83. The average Bonchev–Trinajstić information content (AvgIpc) is 2.55. The molecule has 0 saturated heterocycles. The van der Waals surface area contributed by atoms with Gasteiger partial charge in [0.2, 0.25) is 0 Å². The smallest absolute Gasteiger partial charge is 0.277 e. The lowest BCUT2D eigenvalue weighted by molar-refractivity contribution is -0.123. The molecule has 0 heterocycles. The molecule has 0 unspecified atom stereocenters. The molecule has 0 aliphatic carbocycles. The zero-order chi connectivity index (χ0) is 15.8. The van der Waals surface area contributed by atoms with Gasteiger partial charge in [-0.15, -0.1) is 0 Å². The molecule has 0 atom stereocenters. The van der Waals surface area contributed by atoms with Crippen molar-refractivity contribution in [2.45, 2.75) is 6.92 Å². The van der Waals surface area contributed by atoms with E-state index in [1.165, 1.54) is 6.21 Å². The van der Waals surface area contributed by atoms with Gasteiger partial charge < -0.3 is 4.74 Å². The summed E-state index contributed by atoms with van der Waals surface area (Å²) in [5.41, 5.74) is 4.88. The molecule has 0 spiro atoms. The van der Waals surface area contributed by atoms with Crippen molar-refractivity contribution in [2.75, 3.05) is 6.61 Å². The van der Waals surface area contributed by atoms with E-state index in [0.717, 1.165) is 11.1 Å². The third kappa shape index (κ3) is 4.76. The van der Waals surface area contributed by atoms with Gasteiger partial charge in [-0.2, -0.15) is 10.4 Å². The lowest BCUT2D eigenvalue weighted by Crippen LogP contribution is -2.24. The van der Waals surface area contributed by atoms with Crippen LogP contribution >= 0.6 is 0 Å². The Hall–Kier alpha value is -3.13. The number of hydrogen-bond donors (Lipinski definition) is 1. The van der Waals surface area contributed by atoms with E-state index in [1.54, 1.807) is 24.3 Å². The highest BCUT2D eigenvalue weighted by Gasteiger charge is 2.01. The predicted molar refractivity (Wildman–Crippen MR) is 83.6 cm³/mol. The van der Waals surface area contributed by atoms with Crippen LogP contribution in [0.4, 0.5) is 0 Å². The predicted octanol–water partition coefficient (Wildman–Crippen LogP) is 2.40. The number of carbonyl (C=O) groups excluding carboxylic acids is 1. The van der Waals surface area contributed by atoms with E-state index >= 15 is 0 Å². The van der Waals surface area contributed by atoms with Crippen LogP contribution in [0.25, 0.3) is 0 Å². The summed E-state index contributed by atoms with van der Waals surface area (Å²) in [5.74, 6) is 0.294. The minimum Gasteiger partial charge on any atom is -0.484 e. The minimum absolute atomic E-state index is 0.103. The number of nitrogens with zero attached hydrogens (tertiary/aromatic N) is 2. The summed E-state index contributed by atoms with van der Waals surface area (Å²) in [5, 5.41) is 12.5. The van der Waals surface area contributed by atoms with E-state index in [-0.39, 0.29) is 12.5 Å². The lowest BCUT2D eigenvalue weighted by Gasteiger charge is -2.04. The average molecular weight is 293 g/mol. The first kappa shape index (κ1) is 15.3. The Morgan fingerprint density at radius 2 is 1.91 bits per heavy atom. The Labute approximate surface area is 128 Å². The molecule has 0 aliphatic heterocycles. The number of carbonyl (C=O) groups is 1. The van der Waals surface area contributed by atoms with Crippen molar-refractivity contribution >= 4 is 12.1 Å². The molecular formula is C17H15N3O2. The summed E-state index contributed by atoms with van der Waals surface area (Å²) in [6, 6.07) is 16.3. The van der Waals surface area contributed by atoms with E-state index in [1.807, 2.05) is 37.3 Å². The highest BCUT2D eigenvalue weighted by Crippen LogP contribution is 2.10. The molecule has 0 bridgehead atoms. The quantitative estimate of drug-likeness (QED) is 0.679. The van der Waals surface area contributed by atoms with E-state index < -0.39 is 0 Å². The van der Waals surface area contributed by atoms with Gasteiger partial charge >= 0.3 is 0 Å². The van der Waals surface area contributed by atoms with Crippen molar-refractivity contribution in [3.05, 3.63) is 65.2 Å². The second kappa shape index (κ2) is 7.60. The second-order valence-corrected chi connectivity index (χ2v) is 4.63. The SMILES string of the molecule is Cc1ccc(OCC(=O)NN=Cc2ccc(C#N)cc2)cc1. The topological polar surface area (TPSA) is 74.5 Å². The Morgan fingerprint density at radius 1 is 1.23 bits per heavy atom. The van der Waals surface area contributed by atoms with Gasteiger partial charge in [0.25, 0.3) is 5.91 Å². The molecule has 1 amide bonds. The van der Waals surface area contributed by atoms with Gasteiger partial charge in [-0.25, -0.2) is 5.43 Å². The molecule has 1 N–H and O–H groups in total. The summed E-state index contributed by atoms with van der Waals surface area (Å²) < 4.78 is 5.33. The molecule has 5 nitrogen and oxygen atoms in total. The van der Waals surface area contributed by atoms with Crippen LogP contribution in [-0.4, -0.2) is 18.7 Å². The zero-order valence-corrected chi connectivity index (χ0v) is 12.1. The van der Waals surface area contributed by atoms with Crippen molar-refractivity contribution in [2.24, 2.45) is 5.10 Å². The number of aryl methyl sites for hydroxylation is 1. The molecule has 0 saturated carbocycles. The van der Waals surface area contributed by atoms with Crippen LogP contribution in [0.2, 0.25) is 0 Å². The maximum atomic E-state index is 11.6. The molecule has 0 radical (unpaired) electrons. The van der Waals surface area contributed by atoms with Crippen molar-refractivity contribution in [3.63, 3.8) is 0 Å². The maximum Gasteiger partial charge on any atom is 0.277 e. The third-order valence-corrected chi connectivity index (χ3v) is 2.83. The first-order chi connectivity index (χ1) is 10.7. The molecule has 110 valence electrons.